The minimum Gasteiger partial charge on any atom is -0.345 e. The van der Waals surface area contributed by atoms with Gasteiger partial charge in [-0.15, -0.1) is 0 Å². The van der Waals surface area contributed by atoms with Crippen molar-refractivity contribution in [1.82, 2.24) is 14.6 Å². The molecule has 1 saturated heterocycles. The van der Waals surface area contributed by atoms with Gasteiger partial charge in [-0.1, -0.05) is 0 Å². The van der Waals surface area contributed by atoms with Gasteiger partial charge in [0.05, 0.1) is 16.9 Å². The first kappa shape index (κ1) is 23.9. The van der Waals surface area contributed by atoms with Gasteiger partial charge in [0.1, 0.15) is 11.5 Å². The van der Waals surface area contributed by atoms with Crippen LogP contribution in [0.2, 0.25) is 0 Å². The van der Waals surface area contributed by atoms with Gasteiger partial charge < -0.3 is 10.6 Å². The van der Waals surface area contributed by atoms with E-state index < -0.39 is 44.8 Å². The Kier molecular flexibility index (Phi) is 5.78. The van der Waals surface area contributed by atoms with Crippen LogP contribution in [0.1, 0.15) is 41.4 Å². The summed E-state index contributed by atoms with van der Waals surface area (Å²) in [5.74, 6) is -2.24. The molecule has 1 aliphatic carbocycles. The van der Waals surface area contributed by atoms with Crippen molar-refractivity contribution < 1.29 is 30.8 Å². The number of benzene rings is 1. The summed E-state index contributed by atoms with van der Waals surface area (Å²) < 4.78 is 79.6. The minimum absolute atomic E-state index is 0.0791. The third-order valence-electron chi connectivity index (χ3n) is 5.71. The second-order valence-electron chi connectivity index (χ2n) is 8.62. The fourth-order valence-corrected chi connectivity index (χ4v) is 5.62. The number of alkyl halides is 3. The van der Waals surface area contributed by atoms with Crippen LogP contribution in [0.3, 0.4) is 0 Å². The number of hydrogen-bond donors (Lipinski definition) is 3. The van der Waals surface area contributed by atoms with Gasteiger partial charge in [0, 0.05) is 24.0 Å². The molecule has 2 fully saturated rings. The zero-order valence-electron chi connectivity index (χ0n) is 17.9. The highest BCUT2D eigenvalue weighted by molar-refractivity contribution is 7.89. The second-order valence-corrected chi connectivity index (χ2v) is 10.5. The van der Waals surface area contributed by atoms with Gasteiger partial charge in [0.15, 0.2) is 0 Å². The molecule has 2 aliphatic rings. The SMILES string of the molecule is C[C@@]1(c2cc(NC(=O)c3ccc(C(F)(F)F)cn3)ccc2F)CS(=O)(=O)N(CC2CC2)C(=N)N1. The van der Waals surface area contributed by atoms with E-state index in [9.17, 15) is 30.8 Å². The summed E-state index contributed by atoms with van der Waals surface area (Å²) in [5, 5.41) is 13.4. The quantitative estimate of drug-likeness (QED) is 0.546. The Morgan fingerprint density at radius 3 is 2.56 bits per heavy atom. The molecule has 0 radical (unpaired) electrons. The Morgan fingerprint density at radius 1 is 1.29 bits per heavy atom. The highest BCUT2D eigenvalue weighted by Crippen LogP contribution is 2.35. The van der Waals surface area contributed by atoms with Gasteiger partial charge in [0.25, 0.3) is 5.91 Å². The molecule has 1 aromatic carbocycles. The molecule has 1 aliphatic heterocycles. The number of nitrogens with zero attached hydrogens (tertiary/aromatic N) is 2. The van der Waals surface area contributed by atoms with Crippen molar-refractivity contribution >= 4 is 27.6 Å². The lowest BCUT2D eigenvalue weighted by molar-refractivity contribution is -0.137. The van der Waals surface area contributed by atoms with Crippen LogP contribution in [0.5, 0.6) is 0 Å². The lowest BCUT2D eigenvalue weighted by atomic mass is 9.93. The predicted molar refractivity (Wildman–Crippen MR) is 115 cm³/mol. The molecule has 182 valence electrons. The summed E-state index contributed by atoms with van der Waals surface area (Å²) in [6, 6.07) is 5.12. The molecular weight excluding hydrogens is 478 g/mol. The van der Waals surface area contributed by atoms with Crippen molar-refractivity contribution in [3.63, 3.8) is 0 Å². The molecule has 4 rings (SSSR count). The van der Waals surface area contributed by atoms with Crippen LogP contribution in [0.25, 0.3) is 0 Å². The van der Waals surface area contributed by atoms with Crippen molar-refractivity contribution in [2.24, 2.45) is 5.92 Å². The Balaban J connectivity index is 1.56. The smallest absolute Gasteiger partial charge is 0.345 e. The number of aromatic nitrogens is 1. The van der Waals surface area contributed by atoms with Gasteiger partial charge in [-0.25, -0.2) is 17.1 Å². The van der Waals surface area contributed by atoms with E-state index in [-0.39, 0.29) is 35.4 Å². The van der Waals surface area contributed by atoms with Crippen molar-refractivity contribution in [1.29, 1.82) is 5.41 Å². The Morgan fingerprint density at radius 2 is 2.00 bits per heavy atom. The highest BCUT2D eigenvalue weighted by Gasteiger charge is 2.46. The standard InChI is InChI=1S/C21H21F4N5O3S/c1-20(11-34(32,33)30(19(26)29-20)10-12-2-3-12)15-8-14(5-6-16(15)22)28-18(31)17-7-4-13(9-27-17)21(23,24)25/h4-9,12H,2-3,10-11H2,1H3,(H2,26,29)(H,28,31)/t20-/m0/s1. The van der Waals surface area contributed by atoms with Crippen LogP contribution in [0, 0.1) is 17.1 Å². The second kappa shape index (κ2) is 8.22. The average Bonchev–Trinajstić information content (AvgIpc) is 3.55. The number of amides is 1. The Hall–Kier alpha value is -3.22. The van der Waals surface area contributed by atoms with Crippen LogP contribution in [0.15, 0.2) is 36.5 Å². The number of rotatable bonds is 5. The van der Waals surface area contributed by atoms with Crippen LogP contribution < -0.4 is 10.6 Å². The molecule has 0 bridgehead atoms. The zero-order chi connectivity index (χ0) is 24.9. The van der Waals surface area contributed by atoms with Gasteiger partial charge >= 0.3 is 6.18 Å². The summed E-state index contributed by atoms with van der Waals surface area (Å²) in [7, 11) is -3.91. The lowest BCUT2D eigenvalue weighted by Crippen LogP contribution is -2.62. The number of carbonyl (C=O) groups excluding carboxylic acids is 1. The number of guanidine groups is 1. The summed E-state index contributed by atoms with van der Waals surface area (Å²) in [5.41, 5.74) is -2.81. The summed E-state index contributed by atoms with van der Waals surface area (Å²) in [6.07, 6.45) is -2.29. The van der Waals surface area contributed by atoms with E-state index in [0.29, 0.717) is 6.20 Å². The van der Waals surface area contributed by atoms with Crippen molar-refractivity contribution in [2.45, 2.75) is 31.5 Å². The number of carbonyl (C=O) groups is 1. The minimum atomic E-state index is -4.60. The van der Waals surface area contributed by atoms with E-state index in [1.165, 1.54) is 19.1 Å². The fraction of sp³-hybridized carbons (Fsp3) is 0.381. The van der Waals surface area contributed by atoms with E-state index in [2.05, 4.69) is 15.6 Å². The Bertz CT molecular complexity index is 1250. The maximum atomic E-state index is 14.8. The summed E-state index contributed by atoms with van der Waals surface area (Å²) in [6.45, 7) is 1.64. The molecule has 2 aromatic rings. The fourth-order valence-electron chi connectivity index (χ4n) is 3.74. The number of pyridine rings is 1. The first-order chi connectivity index (χ1) is 15.8. The molecule has 1 atom stereocenters. The van der Waals surface area contributed by atoms with E-state index in [0.717, 1.165) is 35.3 Å². The molecule has 0 spiro atoms. The average molecular weight is 499 g/mol. The van der Waals surface area contributed by atoms with E-state index >= 15 is 0 Å². The van der Waals surface area contributed by atoms with Crippen molar-refractivity contribution in [3.05, 3.63) is 59.2 Å². The van der Waals surface area contributed by atoms with Crippen LogP contribution in [-0.2, 0) is 21.7 Å². The number of halogens is 4. The predicted octanol–water partition coefficient (Wildman–Crippen LogP) is 3.29. The maximum absolute atomic E-state index is 14.8. The van der Waals surface area contributed by atoms with Gasteiger partial charge in [-0.2, -0.15) is 13.2 Å². The topological polar surface area (TPSA) is 115 Å². The monoisotopic (exact) mass is 499 g/mol. The molecule has 1 saturated carbocycles. The first-order valence-electron chi connectivity index (χ1n) is 10.3. The molecule has 13 heteroatoms. The molecule has 2 heterocycles. The molecule has 1 amide bonds. The van der Waals surface area contributed by atoms with Crippen LogP contribution >= 0.6 is 0 Å². The number of hydrogen-bond acceptors (Lipinski definition) is 5. The summed E-state index contributed by atoms with van der Waals surface area (Å²) >= 11 is 0. The van der Waals surface area contributed by atoms with Crippen LogP contribution in [0.4, 0.5) is 23.2 Å². The van der Waals surface area contributed by atoms with E-state index in [1.807, 2.05) is 0 Å². The molecule has 3 N–H and O–H groups in total. The van der Waals surface area contributed by atoms with Gasteiger partial charge in [-0.3, -0.25) is 15.2 Å². The third-order valence-corrected chi connectivity index (χ3v) is 7.66. The van der Waals surface area contributed by atoms with Gasteiger partial charge in [-0.05, 0) is 56.0 Å². The lowest BCUT2D eigenvalue weighted by Gasteiger charge is -2.41. The zero-order valence-corrected chi connectivity index (χ0v) is 18.7. The van der Waals surface area contributed by atoms with Crippen molar-refractivity contribution in [2.75, 3.05) is 17.6 Å². The molecule has 0 unspecified atom stereocenters. The maximum Gasteiger partial charge on any atom is 0.417 e. The van der Waals surface area contributed by atoms with E-state index in [1.54, 1.807) is 0 Å². The van der Waals surface area contributed by atoms with Gasteiger partial charge in [0.2, 0.25) is 16.0 Å². The largest absolute Gasteiger partial charge is 0.417 e. The molecular formula is C21H21F4N5O3S. The van der Waals surface area contributed by atoms with Crippen LogP contribution in [-0.4, -0.2) is 41.9 Å². The highest BCUT2D eigenvalue weighted by atomic mass is 32.2. The normalized spacial score (nSPS) is 22.3. The van der Waals surface area contributed by atoms with E-state index in [4.69, 9.17) is 5.41 Å². The Labute approximate surface area is 192 Å². The third kappa shape index (κ3) is 4.83. The summed E-state index contributed by atoms with van der Waals surface area (Å²) in [4.78, 5) is 16.0. The number of nitrogens with one attached hydrogen (secondary N) is 3. The molecule has 34 heavy (non-hydrogen) atoms. The molecule has 8 nitrogen and oxygen atoms in total. The first-order valence-corrected chi connectivity index (χ1v) is 11.9. The number of sulfonamides is 1. The number of anilines is 1. The molecule has 1 aromatic heterocycles. The van der Waals surface area contributed by atoms with Crippen molar-refractivity contribution in [3.8, 4) is 0 Å².